The number of carbonyl (C=O) groups excluding carboxylic acids is 1. The molecule has 4 nitrogen and oxygen atoms in total. The van der Waals surface area contributed by atoms with Crippen LogP contribution in [0.3, 0.4) is 0 Å². The molecule has 0 radical (unpaired) electrons. The fourth-order valence-corrected chi connectivity index (χ4v) is 2.12. The van der Waals surface area contributed by atoms with E-state index in [0.29, 0.717) is 17.1 Å². The van der Waals surface area contributed by atoms with Crippen molar-refractivity contribution in [2.24, 2.45) is 0 Å². The molecule has 0 unspecified atom stereocenters. The van der Waals surface area contributed by atoms with Crippen LogP contribution in [0, 0.1) is 0 Å². The van der Waals surface area contributed by atoms with E-state index in [0.717, 1.165) is 10.0 Å². The maximum Gasteiger partial charge on any atom is 0.342 e. The molecule has 5 heteroatoms. The Kier molecular flexibility index (Phi) is 5.22. The number of hydrogen-bond acceptors (Lipinski definition) is 4. The van der Waals surface area contributed by atoms with E-state index >= 15 is 0 Å². The average molecular weight is 351 g/mol. The predicted octanol–water partition coefficient (Wildman–Crippen LogP) is 3.82. The van der Waals surface area contributed by atoms with Crippen molar-refractivity contribution < 1.29 is 19.0 Å². The maximum atomic E-state index is 12.2. The van der Waals surface area contributed by atoms with Gasteiger partial charge in [-0.15, -0.1) is 0 Å². The lowest BCUT2D eigenvalue weighted by Crippen LogP contribution is -2.08. The third-order valence-electron chi connectivity index (χ3n) is 2.91. The Morgan fingerprint density at radius 1 is 1.05 bits per heavy atom. The number of benzene rings is 2. The van der Waals surface area contributed by atoms with Gasteiger partial charge in [-0.2, -0.15) is 0 Å². The number of para-hydroxylation sites is 1. The van der Waals surface area contributed by atoms with Crippen molar-refractivity contribution >= 4 is 21.9 Å². The number of methoxy groups -OCH3 is 2. The molecule has 0 aliphatic rings. The summed E-state index contributed by atoms with van der Waals surface area (Å²) < 4.78 is 16.7. The smallest absolute Gasteiger partial charge is 0.342 e. The van der Waals surface area contributed by atoms with Crippen LogP contribution < -0.4 is 9.47 Å². The van der Waals surface area contributed by atoms with Gasteiger partial charge in [0.05, 0.1) is 14.2 Å². The Labute approximate surface area is 131 Å². The maximum absolute atomic E-state index is 12.2. The molecule has 2 aromatic rings. The molecular weight excluding hydrogens is 336 g/mol. The van der Waals surface area contributed by atoms with Gasteiger partial charge in [0.25, 0.3) is 0 Å². The summed E-state index contributed by atoms with van der Waals surface area (Å²) >= 11 is 3.36. The molecule has 0 saturated heterocycles. The fourth-order valence-electron chi connectivity index (χ4n) is 1.86. The summed E-state index contributed by atoms with van der Waals surface area (Å²) in [5.41, 5.74) is 1.25. The molecule has 0 N–H and O–H groups in total. The highest BCUT2D eigenvalue weighted by atomic mass is 79.9. The zero-order valence-electron chi connectivity index (χ0n) is 11.8. The van der Waals surface area contributed by atoms with Crippen LogP contribution in [0.1, 0.15) is 15.9 Å². The number of halogens is 1. The Hall–Kier alpha value is -2.01. The van der Waals surface area contributed by atoms with Gasteiger partial charge in [0.2, 0.25) is 0 Å². The van der Waals surface area contributed by atoms with Gasteiger partial charge in [-0.1, -0.05) is 34.1 Å². The molecule has 0 aliphatic carbocycles. The molecule has 0 atom stereocenters. The molecular formula is C16H15BrO4. The molecule has 2 aromatic carbocycles. The van der Waals surface area contributed by atoms with Crippen LogP contribution in [0.4, 0.5) is 0 Å². The highest BCUT2D eigenvalue weighted by molar-refractivity contribution is 9.10. The second kappa shape index (κ2) is 7.13. The van der Waals surface area contributed by atoms with E-state index in [-0.39, 0.29) is 6.61 Å². The third-order valence-corrected chi connectivity index (χ3v) is 3.43. The molecule has 0 amide bonds. The Bertz CT molecular complexity index is 623. The van der Waals surface area contributed by atoms with Crippen LogP contribution in [0.5, 0.6) is 11.5 Å². The van der Waals surface area contributed by atoms with Crippen molar-refractivity contribution in [3.63, 3.8) is 0 Å². The zero-order valence-corrected chi connectivity index (χ0v) is 13.3. The van der Waals surface area contributed by atoms with Gasteiger partial charge in [-0.3, -0.25) is 0 Å². The van der Waals surface area contributed by atoms with E-state index in [1.54, 1.807) is 18.2 Å². The van der Waals surface area contributed by atoms with Crippen LogP contribution in [0.25, 0.3) is 0 Å². The Morgan fingerprint density at radius 2 is 1.76 bits per heavy atom. The Morgan fingerprint density at radius 3 is 2.38 bits per heavy atom. The lowest BCUT2D eigenvalue weighted by molar-refractivity contribution is 0.0468. The van der Waals surface area contributed by atoms with Crippen LogP contribution in [-0.2, 0) is 11.3 Å². The normalized spacial score (nSPS) is 10.0. The van der Waals surface area contributed by atoms with Crippen molar-refractivity contribution in [1.82, 2.24) is 0 Å². The van der Waals surface area contributed by atoms with Gasteiger partial charge in [0.1, 0.15) is 12.2 Å². The molecule has 0 saturated carbocycles. The summed E-state index contributed by atoms with van der Waals surface area (Å²) in [7, 11) is 3.01. The van der Waals surface area contributed by atoms with Crippen molar-refractivity contribution in [3.8, 4) is 11.5 Å². The monoisotopic (exact) mass is 350 g/mol. The van der Waals surface area contributed by atoms with Gasteiger partial charge < -0.3 is 14.2 Å². The topological polar surface area (TPSA) is 44.8 Å². The summed E-state index contributed by atoms with van der Waals surface area (Å²) in [6.07, 6.45) is 0. The highest BCUT2D eigenvalue weighted by Crippen LogP contribution is 2.31. The van der Waals surface area contributed by atoms with Crippen LogP contribution in [-0.4, -0.2) is 20.2 Å². The lowest BCUT2D eigenvalue weighted by atomic mass is 10.2. The van der Waals surface area contributed by atoms with E-state index in [1.165, 1.54) is 14.2 Å². The zero-order chi connectivity index (χ0) is 15.2. The SMILES string of the molecule is COc1cccc(C(=O)OCc2ccc(Br)cc2)c1OC. The summed E-state index contributed by atoms with van der Waals surface area (Å²) in [6, 6.07) is 12.7. The standard InChI is InChI=1S/C16H15BrO4/c1-19-14-5-3-4-13(15(14)20-2)16(18)21-10-11-6-8-12(17)9-7-11/h3-9H,10H2,1-2H3. The first-order valence-electron chi connectivity index (χ1n) is 6.28. The van der Waals surface area contributed by atoms with E-state index in [9.17, 15) is 4.79 Å². The summed E-state index contributed by atoms with van der Waals surface area (Å²) in [5.74, 6) is 0.421. The molecule has 0 aromatic heterocycles. The Balaban J connectivity index is 2.11. The average Bonchev–Trinajstić information content (AvgIpc) is 2.53. The van der Waals surface area contributed by atoms with E-state index in [4.69, 9.17) is 14.2 Å². The van der Waals surface area contributed by atoms with Crippen LogP contribution in [0.2, 0.25) is 0 Å². The van der Waals surface area contributed by atoms with Crippen molar-refractivity contribution in [1.29, 1.82) is 0 Å². The van der Waals surface area contributed by atoms with Gasteiger partial charge in [0, 0.05) is 4.47 Å². The minimum atomic E-state index is -0.450. The number of esters is 1. The molecule has 0 fully saturated rings. The van der Waals surface area contributed by atoms with Gasteiger partial charge >= 0.3 is 5.97 Å². The van der Waals surface area contributed by atoms with Gasteiger partial charge in [-0.25, -0.2) is 4.79 Å². The number of ether oxygens (including phenoxy) is 3. The fraction of sp³-hybridized carbons (Fsp3) is 0.188. The van der Waals surface area contributed by atoms with Crippen molar-refractivity contribution in [2.45, 2.75) is 6.61 Å². The van der Waals surface area contributed by atoms with Gasteiger partial charge in [0.15, 0.2) is 11.5 Å². The molecule has 110 valence electrons. The first-order chi connectivity index (χ1) is 10.2. The molecule has 2 rings (SSSR count). The first-order valence-corrected chi connectivity index (χ1v) is 7.07. The third kappa shape index (κ3) is 3.76. The minimum absolute atomic E-state index is 0.201. The molecule has 0 aliphatic heterocycles. The second-order valence-corrected chi connectivity index (χ2v) is 5.16. The summed E-state index contributed by atoms with van der Waals surface area (Å²) in [4.78, 5) is 12.2. The molecule has 0 bridgehead atoms. The lowest BCUT2D eigenvalue weighted by Gasteiger charge is -2.12. The number of hydrogen-bond donors (Lipinski definition) is 0. The van der Waals surface area contributed by atoms with E-state index < -0.39 is 5.97 Å². The number of rotatable bonds is 5. The second-order valence-electron chi connectivity index (χ2n) is 4.24. The summed E-state index contributed by atoms with van der Waals surface area (Å²) in [5, 5.41) is 0. The largest absolute Gasteiger partial charge is 0.493 e. The van der Waals surface area contributed by atoms with Crippen LogP contribution in [0.15, 0.2) is 46.9 Å². The van der Waals surface area contributed by atoms with Crippen molar-refractivity contribution in [3.05, 3.63) is 58.1 Å². The predicted molar refractivity (Wildman–Crippen MR) is 82.8 cm³/mol. The molecule has 21 heavy (non-hydrogen) atoms. The quantitative estimate of drug-likeness (QED) is 0.769. The van der Waals surface area contributed by atoms with E-state index in [1.807, 2.05) is 24.3 Å². The molecule has 0 heterocycles. The highest BCUT2D eigenvalue weighted by Gasteiger charge is 2.17. The van der Waals surface area contributed by atoms with E-state index in [2.05, 4.69) is 15.9 Å². The number of carbonyl (C=O) groups is 1. The minimum Gasteiger partial charge on any atom is -0.493 e. The summed E-state index contributed by atoms with van der Waals surface area (Å²) in [6.45, 7) is 0.201. The van der Waals surface area contributed by atoms with Crippen molar-refractivity contribution in [2.75, 3.05) is 14.2 Å². The first kappa shape index (κ1) is 15.4. The van der Waals surface area contributed by atoms with Crippen LogP contribution >= 0.6 is 15.9 Å². The molecule has 0 spiro atoms. The van der Waals surface area contributed by atoms with Gasteiger partial charge in [-0.05, 0) is 29.8 Å².